The van der Waals surface area contributed by atoms with Crippen LogP contribution < -0.4 is 9.80 Å². The van der Waals surface area contributed by atoms with E-state index in [0.29, 0.717) is 0 Å². The van der Waals surface area contributed by atoms with E-state index in [4.69, 9.17) is 0 Å². The summed E-state index contributed by atoms with van der Waals surface area (Å²) in [5, 5.41) is 0. The molecule has 2 heteroatoms. The van der Waals surface area contributed by atoms with Crippen LogP contribution >= 0.6 is 0 Å². The maximum atomic E-state index is 2.73. The molecule has 0 unspecified atom stereocenters. The van der Waals surface area contributed by atoms with E-state index in [1.165, 1.54) is 77.9 Å². The largest absolute Gasteiger partial charge is 0.309 e. The average Bonchev–Trinajstić information content (AvgIpc) is 0.685. The lowest BCUT2D eigenvalue weighted by Crippen LogP contribution is -2.31. The van der Waals surface area contributed by atoms with Crippen molar-refractivity contribution in [1.29, 1.82) is 0 Å². The molecule has 0 radical (unpaired) electrons. The van der Waals surface area contributed by atoms with Crippen molar-refractivity contribution in [2.75, 3.05) is 9.80 Å². The number of fused-ring (bicyclic) bond motifs is 6. The standard InChI is InChI=1S/C101H80N2/c1-100(2,3)81-51-45-68(46-52-81)74-49-55-91-89(58-74)96-90-59-75(69-47-53-82(54-48-69)101(4,5)6)50-56-92(90)103(99-87(72-37-21-11-22-38-72)62-79(67-31-15-8-16-32-67)63-88(99)73-39-23-12-24-40-73)94-65-80(95-83-43-27-25-41-76(83)57-77-42-26-28-44-84(77)95)64-93(97(94)96)102(91)98-85(70-33-17-9-18-34-70)60-78(66-29-13-7-14-30-66)61-86(98)71-35-19-10-20-36-71/h7-56,58-65,95-96H,57H2,1-6H3. The van der Waals surface area contributed by atoms with Crippen LogP contribution in [0.2, 0.25) is 0 Å². The fourth-order valence-electron chi connectivity index (χ4n) is 16.7. The number of nitrogens with zero attached hydrogens (tertiary/aromatic N) is 2. The SMILES string of the molecule is CC(C)(C)c1ccc(-c2ccc3c(c2)C2c4cc(-c5ccc(C(C)(C)C)cc5)ccc4N(c4c(-c5ccccc5)cc(-c5ccccc5)cc4-c4ccccc4)c4cc(C5c6ccccc6Cc6ccccc65)cc(c42)N3c2c(-c3ccccc3)cc(-c3ccccc3)cc2-c2ccccc2)cc1. The Kier molecular flexibility index (Phi) is 15.6. The summed E-state index contributed by atoms with van der Waals surface area (Å²) in [5.74, 6) is -0.382. The minimum absolute atomic E-state index is 0.0102. The molecule has 103 heavy (non-hydrogen) atoms. The monoisotopic (exact) mass is 1320 g/mol. The number of benzene rings is 15. The molecule has 0 spiro atoms. The third-order valence-electron chi connectivity index (χ3n) is 21.9. The first-order chi connectivity index (χ1) is 50.4. The molecule has 494 valence electrons. The van der Waals surface area contributed by atoms with Crippen LogP contribution in [0.3, 0.4) is 0 Å². The Hall–Kier alpha value is -12.1. The van der Waals surface area contributed by atoms with Gasteiger partial charge in [-0.15, -0.1) is 0 Å². The molecule has 1 aliphatic carbocycles. The summed E-state index contributed by atoms with van der Waals surface area (Å²) in [7, 11) is 0. The highest BCUT2D eigenvalue weighted by Gasteiger charge is 2.45. The molecule has 2 aliphatic heterocycles. The van der Waals surface area contributed by atoms with Crippen molar-refractivity contribution in [2.45, 2.75) is 70.6 Å². The van der Waals surface area contributed by atoms with Gasteiger partial charge in [-0.05, 0) is 195 Å². The normalized spacial score (nSPS) is 13.2. The summed E-state index contributed by atoms with van der Waals surface area (Å²) in [5.41, 5.74) is 38.2. The van der Waals surface area contributed by atoms with Crippen LogP contribution in [0.5, 0.6) is 0 Å². The van der Waals surface area contributed by atoms with Gasteiger partial charge in [0, 0.05) is 39.7 Å². The molecule has 2 nitrogen and oxygen atoms in total. The molecule has 0 saturated carbocycles. The molecule has 15 aromatic rings. The maximum Gasteiger partial charge on any atom is 0.0619 e. The van der Waals surface area contributed by atoms with Crippen molar-refractivity contribution in [1.82, 2.24) is 0 Å². The predicted molar refractivity (Wildman–Crippen MR) is 434 cm³/mol. The van der Waals surface area contributed by atoms with Gasteiger partial charge in [0.05, 0.1) is 34.1 Å². The molecule has 15 aromatic carbocycles. The van der Waals surface area contributed by atoms with Crippen molar-refractivity contribution in [3.05, 3.63) is 407 Å². The molecule has 0 aromatic heterocycles. The van der Waals surface area contributed by atoms with Gasteiger partial charge in [-0.2, -0.15) is 0 Å². The Morgan fingerprint density at radius 1 is 0.233 bits per heavy atom. The molecule has 0 atom stereocenters. The van der Waals surface area contributed by atoms with Gasteiger partial charge in [-0.1, -0.05) is 333 Å². The summed E-state index contributed by atoms with van der Waals surface area (Å²) in [6, 6.07) is 134. The van der Waals surface area contributed by atoms with E-state index in [2.05, 4.69) is 403 Å². The van der Waals surface area contributed by atoms with E-state index in [-0.39, 0.29) is 22.7 Å². The third kappa shape index (κ3) is 11.3. The van der Waals surface area contributed by atoms with E-state index in [9.17, 15) is 0 Å². The second-order valence-electron chi connectivity index (χ2n) is 30.3. The van der Waals surface area contributed by atoms with Gasteiger partial charge < -0.3 is 9.80 Å². The lowest BCUT2D eigenvalue weighted by atomic mass is 9.71. The Labute approximate surface area is 607 Å². The van der Waals surface area contributed by atoms with Crippen molar-refractivity contribution >= 4 is 34.1 Å². The minimum Gasteiger partial charge on any atom is -0.309 e. The Morgan fingerprint density at radius 2 is 0.524 bits per heavy atom. The number of anilines is 6. The first kappa shape index (κ1) is 63.1. The van der Waals surface area contributed by atoms with E-state index >= 15 is 0 Å². The molecular weight excluding hydrogens is 1240 g/mol. The number of hydrogen-bond acceptors (Lipinski definition) is 2. The lowest BCUT2D eigenvalue weighted by molar-refractivity contribution is 0.590. The zero-order chi connectivity index (χ0) is 69.5. The third-order valence-corrected chi connectivity index (χ3v) is 21.9. The van der Waals surface area contributed by atoms with E-state index in [1.54, 1.807) is 0 Å². The van der Waals surface area contributed by atoms with Gasteiger partial charge in [0.15, 0.2) is 0 Å². The second kappa shape index (κ2) is 25.5. The van der Waals surface area contributed by atoms with Crippen LogP contribution in [0.25, 0.3) is 89.0 Å². The Balaban J connectivity index is 1.04. The van der Waals surface area contributed by atoms with Crippen LogP contribution in [0, 0.1) is 0 Å². The molecule has 0 bridgehead atoms. The number of rotatable bonds is 11. The second-order valence-corrected chi connectivity index (χ2v) is 30.3. The summed E-state index contributed by atoms with van der Waals surface area (Å²) < 4.78 is 0. The fourth-order valence-corrected chi connectivity index (χ4v) is 16.7. The van der Waals surface area contributed by atoms with Gasteiger partial charge in [-0.3, -0.25) is 0 Å². The van der Waals surface area contributed by atoms with Gasteiger partial charge >= 0.3 is 0 Å². The fraction of sp³-hybridized carbons (Fsp3) is 0.109. The topological polar surface area (TPSA) is 6.48 Å². The molecule has 3 aliphatic rings. The zero-order valence-corrected chi connectivity index (χ0v) is 59.2. The highest BCUT2D eigenvalue weighted by atomic mass is 15.2. The molecule has 18 rings (SSSR count). The average molecular weight is 1320 g/mol. The summed E-state index contributed by atoms with van der Waals surface area (Å²) in [4.78, 5) is 5.46. The maximum absolute atomic E-state index is 2.73. The first-order valence-corrected chi connectivity index (χ1v) is 36.5. The molecule has 0 fully saturated rings. The van der Waals surface area contributed by atoms with Gasteiger partial charge in [-0.25, -0.2) is 0 Å². The van der Waals surface area contributed by atoms with Crippen LogP contribution in [0.15, 0.2) is 352 Å². The molecular formula is C101H80N2. The van der Waals surface area contributed by atoms with E-state index in [0.717, 1.165) is 107 Å². The molecule has 2 heterocycles. The molecule has 0 N–H and O–H groups in total. The van der Waals surface area contributed by atoms with E-state index < -0.39 is 0 Å². The van der Waals surface area contributed by atoms with Crippen molar-refractivity contribution in [2.24, 2.45) is 0 Å². The summed E-state index contributed by atoms with van der Waals surface area (Å²) in [6.45, 7) is 13.8. The van der Waals surface area contributed by atoms with Gasteiger partial charge in [0.1, 0.15) is 0 Å². The van der Waals surface area contributed by atoms with Gasteiger partial charge in [0.2, 0.25) is 0 Å². The van der Waals surface area contributed by atoms with Crippen LogP contribution in [-0.4, -0.2) is 0 Å². The van der Waals surface area contributed by atoms with E-state index in [1.807, 2.05) is 0 Å². The summed E-state index contributed by atoms with van der Waals surface area (Å²) >= 11 is 0. The molecule has 0 saturated heterocycles. The smallest absolute Gasteiger partial charge is 0.0619 e. The molecule has 0 amide bonds. The van der Waals surface area contributed by atoms with Crippen molar-refractivity contribution < 1.29 is 0 Å². The van der Waals surface area contributed by atoms with Crippen LogP contribution in [0.1, 0.15) is 109 Å². The number of hydrogen-bond donors (Lipinski definition) is 0. The first-order valence-electron chi connectivity index (χ1n) is 36.5. The van der Waals surface area contributed by atoms with Crippen molar-refractivity contribution in [3.8, 4) is 89.0 Å². The van der Waals surface area contributed by atoms with Crippen molar-refractivity contribution in [3.63, 3.8) is 0 Å². The highest BCUT2D eigenvalue weighted by Crippen LogP contribution is 2.66. The van der Waals surface area contributed by atoms with Crippen LogP contribution in [-0.2, 0) is 17.3 Å². The quantitative estimate of drug-likeness (QED) is 0.127. The predicted octanol–water partition coefficient (Wildman–Crippen LogP) is 27.4. The van der Waals surface area contributed by atoms with Gasteiger partial charge in [0.25, 0.3) is 0 Å². The van der Waals surface area contributed by atoms with Crippen LogP contribution in [0.4, 0.5) is 34.1 Å². The highest BCUT2D eigenvalue weighted by molar-refractivity contribution is 6.08. The Bertz CT molecular complexity index is 5220. The lowest BCUT2D eigenvalue weighted by Gasteiger charge is -2.47. The summed E-state index contributed by atoms with van der Waals surface area (Å²) in [6.07, 6.45) is 0.869. The minimum atomic E-state index is -0.266. The Morgan fingerprint density at radius 3 is 0.854 bits per heavy atom. The zero-order valence-electron chi connectivity index (χ0n) is 59.2.